The minimum absolute atomic E-state index is 0.0233. The molecule has 1 nitrogen and oxygen atoms in total. The molecule has 6 aliphatic rings. The summed E-state index contributed by atoms with van der Waals surface area (Å²) in [6, 6.07) is 0. The third-order valence-electron chi connectivity index (χ3n) is 13.2. The molecule has 0 aromatic heterocycles. The summed E-state index contributed by atoms with van der Waals surface area (Å²) in [5.74, 6) is 2.13. The van der Waals surface area contributed by atoms with E-state index in [-0.39, 0.29) is 6.10 Å². The van der Waals surface area contributed by atoms with E-state index in [1.807, 2.05) is 0 Å². The second-order valence-electron chi connectivity index (χ2n) is 15.0. The third-order valence-corrected chi connectivity index (χ3v) is 13.2. The summed E-state index contributed by atoms with van der Waals surface area (Å²) >= 11 is 0. The highest BCUT2D eigenvalue weighted by Gasteiger charge is 3.08. The second kappa shape index (κ2) is 3.50. The number of aliphatic hydroxyl groups is 1. The maximum absolute atomic E-state index is 10.6. The average molecular weight is 371 g/mol. The topological polar surface area (TPSA) is 20.2 Å². The molecule has 1 N–H and O–H groups in total. The van der Waals surface area contributed by atoms with Gasteiger partial charge in [0, 0.05) is 5.41 Å². The van der Waals surface area contributed by atoms with Crippen molar-refractivity contribution in [2.24, 2.45) is 66.5 Å². The van der Waals surface area contributed by atoms with Crippen molar-refractivity contribution in [3.8, 4) is 0 Å². The van der Waals surface area contributed by atoms with Crippen molar-refractivity contribution in [1.29, 1.82) is 0 Å². The Bertz CT molecular complexity index is 804. The molecule has 0 saturated heterocycles. The third kappa shape index (κ3) is 1.13. The number of fused-ring (bicyclic) bond motifs is 2. The summed E-state index contributed by atoms with van der Waals surface area (Å²) in [7, 11) is 0. The first-order chi connectivity index (χ1) is 12.0. The van der Waals surface area contributed by atoms with Gasteiger partial charge >= 0.3 is 0 Å². The largest absolute Gasteiger partial charge is 0.392 e. The van der Waals surface area contributed by atoms with Crippen LogP contribution in [0, 0.1) is 66.5 Å². The van der Waals surface area contributed by atoms with Crippen LogP contribution in [0.5, 0.6) is 0 Å². The van der Waals surface area contributed by atoms with Crippen LogP contribution in [0.15, 0.2) is 0 Å². The molecule has 152 valence electrons. The highest BCUT2D eigenvalue weighted by Crippen LogP contribution is 3.12. The lowest BCUT2D eigenvalue weighted by Gasteiger charge is -2.30. The number of hydrogen-bond acceptors (Lipinski definition) is 1. The Morgan fingerprint density at radius 1 is 0.815 bits per heavy atom. The van der Waals surface area contributed by atoms with E-state index in [9.17, 15) is 5.11 Å². The predicted molar refractivity (Wildman–Crippen MR) is 110 cm³/mol. The van der Waals surface area contributed by atoms with E-state index in [0.29, 0.717) is 54.7 Å². The lowest BCUT2D eigenvalue weighted by Crippen LogP contribution is -2.24. The van der Waals surface area contributed by atoms with Crippen molar-refractivity contribution in [1.82, 2.24) is 0 Å². The molecule has 6 saturated carbocycles. The molecule has 0 aromatic rings. The van der Waals surface area contributed by atoms with Crippen LogP contribution >= 0.6 is 0 Å². The van der Waals surface area contributed by atoms with Crippen LogP contribution in [0.3, 0.4) is 0 Å². The van der Waals surface area contributed by atoms with Crippen LogP contribution in [-0.2, 0) is 0 Å². The Hall–Kier alpha value is -0.0400. The molecule has 8 atom stereocenters. The minimum atomic E-state index is -0.0233. The predicted octanol–water partition coefficient (Wildman–Crippen LogP) is 6.15. The van der Waals surface area contributed by atoms with Gasteiger partial charge in [0.1, 0.15) is 0 Å². The first-order valence-electron chi connectivity index (χ1n) is 11.6. The molecule has 0 heterocycles. The van der Waals surface area contributed by atoms with Gasteiger partial charge in [0.2, 0.25) is 0 Å². The molecule has 27 heavy (non-hydrogen) atoms. The van der Waals surface area contributed by atoms with Crippen molar-refractivity contribution in [3.63, 3.8) is 0 Å². The fraction of sp³-hybridized carbons (Fsp3) is 1.00. The Balaban J connectivity index is 1.40. The Morgan fingerprint density at radius 2 is 1.30 bits per heavy atom. The van der Waals surface area contributed by atoms with Gasteiger partial charge in [0.05, 0.1) is 6.10 Å². The summed E-state index contributed by atoms with van der Waals surface area (Å²) < 4.78 is 0. The maximum atomic E-state index is 10.6. The zero-order valence-electron chi connectivity index (χ0n) is 19.7. The number of aliphatic hydroxyl groups excluding tert-OH is 1. The molecule has 0 aliphatic heterocycles. The minimum Gasteiger partial charge on any atom is -0.392 e. The quantitative estimate of drug-likeness (QED) is 0.617. The molecule has 8 unspecified atom stereocenters. The zero-order valence-corrected chi connectivity index (χ0v) is 19.7. The standard InChI is InChI=1S/C26H42O/c1-14-15(27)23(14)13-24(23)16(20(24,6)7)19(4,5)17-21(8,9)26(17)22(10,11)25(26)12-18(25,2)3/h14-17,27H,12-13H2,1-11H3. The van der Waals surface area contributed by atoms with E-state index in [0.717, 1.165) is 11.8 Å². The van der Waals surface area contributed by atoms with E-state index in [1.54, 1.807) is 0 Å². The first kappa shape index (κ1) is 17.8. The molecule has 0 amide bonds. The van der Waals surface area contributed by atoms with Gasteiger partial charge in [0.15, 0.2) is 0 Å². The lowest BCUT2D eigenvalue weighted by molar-refractivity contribution is 0.177. The van der Waals surface area contributed by atoms with Gasteiger partial charge < -0.3 is 5.11 Å². The normalized spacial score (nSPS) is 63.6. The van der Waals surface area contributed by atoms with Crippen molar-refractivity contribution in [2.45, 2.75) is 95.1 Å². The zero-order chi connectivity index (χ0) is 20.2. The van der Waals surface area contributed by atoms with E-state index in [1.165, 1.54) is 12.8 Å². The van der Waals surface area contributed by atoms with Crippen LogP contribution in [0.1, 0.15) is 89.0 Å². The smallest absolute Gasteiger partial charge is 0.0637 e. The number of rotatable bonds is 2. The molecular weight excluding hydrogens is 328 g/mol. The Morgan fingerprint density at radius 3 is 1.63 bits per heavy atom. The maximum Gasteiger partial charge on any atom is 0.0637 e. The summed E-state index contributed by atoms with van der Waals surface area (Å²) in [6.07, 6.45) is 2.70. The molecule has 0 bridgehead atoms. The van der Waals surface area contributed by atoms with Crippen molar-refractivity contribution in [2.75, 3.05) is 0 Å². The van der Waals surface area contributed by atoms with Crippen molar-refractivity contribution in [3.05, 3.63) is 0 Å². The van der Waals surface area contributed by atoms with Crippen LogP contribution in [-0.4, -0.2) is 11.2 Å². The van der Waals surface area contributed by atoms with Gasteiger partial charge in [-0.1, -0.05) is 76.2 Å². The van der Waals surface area contributed by atoms with Gasteiger partial charge in [-0.3, -0.25) is 0 Å². The molecule has 6 aliphatic carbocycles. The summed E-state index contributed by atoms with van der Waals surface area (Å²) in [6.45, 7) is 28.1. The fourth-order valence-electron chi connectivity index (χ4n) is 13.3. The van der Waals surface area contributed by atoms with Crippen LogP contribution < -0.4 is 0 Å². The molecular formula is C26H42O. The van der Waals surface area contributed by atoms with Crippen LogP contribution in [0.25, 0.3) is 0 Å². The molecule has 6 fully saturated rings. The van der Waals surface area contributed by atoms with Crippen molar-refractivity contribution >= 4 is 0 Å². The summed E-state index contributed by atoms with van der Waals surface area (Å²) in [4.78, 5) is 0. The Labute approximate surface area is 167 Å². The summed E-state index contributed by atoms with van der Waals surface area (Å²) in [5.41, 5.74) is 4.06. The highest BCUT2D eigenvalue weighted by atomic mass is 16.3. The SMILES string of the molecule is CC1C(O)C12CC21C(C(C)(C)C2C(C)(C)C23C(C)(C)C32CC2(C)C)C1(C)C. The molecule has 1 heteroatoms. The van der Waals surface area contributed by atoms with E-state index in [4.69, 9.17) is 0 Å². The van der Waals surface area contributed by atoms with E-state index in [2.05, 4.69) is 76.2 Å². The highest BCUT2D eigenvalue weighted by molar-refractivity contribution is 5.55. The van der Waals surface area contributed by atoms with Gasteiger partial charge in [-0.25, -0.2) is 0 Å². The Kier molecular flexibility index (Phi) is 2.31. The van der Waals surface area contributed by atoms with Gasteiger partial charge in [-0.2, -0.15) is 0 Å². The number of hydrogen-bond donors (Lipinski definition) is 1. The van der Waals surface area contributed by atoms with Gasteiger partial charge in [-0.05, 0) is 73.9 Å². The monoisotopic (exact) mass is 370 g/mol. The molecule has 0 aromatic carbocycles. The van der Waals surface area contributed by atoms with E-state index >= 15 is 0 Å². The molecule has 6 rings (SSSR count). The van der Waals surface area contributed by atoms with E-state index < -0.39 is 0 Å². The van der Waals surface area contributed by atoms with Gasteiger partial charge in [0.25, 0.3) is 0 Å². The molecule has 0 radical (unpaired) electrons. The van der Waals surface area contributed by atoms with Gasteiger partial charge in [-0.15, -0.1) is 0 Å². The summed E-state index contributed by atoms with van der Waals surface area (Å²) in [5, 5.41) is 10.6. The molecule has 4 spiro atoms. The first-order valence-corrected chi connectivity index (χ1v) is 11.6. The van der Waals surface area contributed by atoms with Crippen LogP contribution in [0.2, 0.25) is 0 Å². The fourth-order valence-corrected chi connectivity index (χ4v) is 13.3. The lowest BCUT2D eigenvalue weighted by atomic mass is 9.75. The average Bonchev–Trinajstić information content (AvgIpc) is 3.37. The van der Waals surface area contributed by atoms with Crippen molar-refractivity contribution < 1.29 is 5.11 Å². The second-order valence-corrected chi connectivity index (χ2v) is 15.0. The van der Waals surface area contributed by atoms with Crippen LogP contribution in [0.4, 0.5) is 0 Å².